The Balaban J connectivity index is 1.85. The number of carbonyl (C=O) groups is 1. The summed E-state index contributed by atoms with van der Waals surface area (Å²) in [5.41, 5.74) is 1.60. The normalized spacial score (nSPS) is 17.1. The van der Waals surface area contributed by atoms with Crippen LogP contribution in [0.25, 0.3) is 0 Å². The van der Waals surface area contributed by atoms with Crippen molar-refractivity contribution in [2.24, 2.45) is 0 Å². The Labute approximate surface area is 143 Å². The van der Waals surface area contributed by atoms with Crippen LogP contribution in [0.1, 0.15) is 31.5 Å². The van der Waals surface area contributed by atoms with Gasteiger partial charge in [0.05, 0.1) is 22.9 Å². The van der Waals surface area contributed by atoms with Crippen molar-refractivity contribution in [1.82, 2.24) is 9.97 Å². The summed E-state index contributed by atoms with van der Waals surface area (Å²) in [5.74, 6) is 0.215. The van der Waals surface area contributed by atoms with E-state index in [2.05, 4.69) is 20.2 Å². The molecule has 0 aliphatic carbocycles. The van der Waals surface area contributed by atoms with E-state index in [9.17, 15) is 14.9 Å². The molecule has 0 radical (unpaired) electrons. The molecular weight excluding hydrogens is 334 g/mol. The number of benzene rings is 1. The van der Waals surface area contributed by atoms with E-state index in [1.807, 2.05) is 0 Å². The van der Waals surface area contributed by atoms with E-state index in [-0.39, 0.29) is 22.7 Å². The van der Waals surface area contributed by atoms with Gasteiger partial charge in [-0.1, -0.05) is 11.6 Å². The second-order valence-corrected chi connectivity index (χ2v) is 6.02. The molecule has 1 aliphatic heterocycles. The van der Waals surface area contributed by atoms with E-state index in [0.29, 0.717) is 5.95 Å². The topological polar surface area (TPSA) is 104 Å². The van der Waals surface area contributed by atoms with E-state index < -0.39 is 4.92 Å². The molecule has 0 saturated carbocycles. The Morgan fingerprint density at radius 1 is 1.54 bits per heavy atom. The summed E-state index contributed by atoms with van der Waals surface area (Å²) in [6, 6.07) is 4.79. The van der Waals surface area contributed by atoms with E-state index in [1.54, 1.807) is 18.3 Å². The Morgan fingerprint density at radius 2 is 2.33 bits per heavy atom. The lowest BCUT2D eigenvalue weighted by atomic mass is 10.1. The van der Waals surface area contributed by atoms with Gasteiger partial charge in [0, 0.05) is 25.2 Å². The number of anilines is 2. The number of aromatic amines is 1. The second-order valence-electron chi connectivity index (χ2n) is 5.61. The van der Waals surface area contributed by atoms with E-state index >= 15 is 0 Å². The van der Waals surface area contributed by atoms with Crippen molar-refractivity contribution >= 4 is 34.8 Å². The summed E-state index contributed by atoms with van der Waals surface area (Å²) in [7, 11) is 0. The quantitative estimate of drug-likeness (QED) is 0.651. The number of aromatic nitrogens is 2. The van der Waals surface area contributed by atoms with Crippen molar-refractivity contribution < 1.29 is 9.72 Å². The molecule has 126 valence electrons. The summed E-state index contributed by atoms with van der Waals surface area (Å²) in [6.45, 7) is 2.23. The second kappa shape index (κ2) is 6.48. The number of hydrogen-bond donors (Lipinski definition) is 2. The molecule has 1 saturated heterocycles. The molecule has 9 heteroatoms. The van der Waals surface area contributed by atoms with Crippen molar-refractivity contribution in [3.05, 3.63) is 45.2 Å². The van der Waals surface area contributed by atoms with Gasteiger partial charge in [0.1, 0.15) is 5.02 Å². The van der Waals surface area contributed by atoms with Gasteiger partial charge in [0.2, 0.25) is 11.9 Å². The van der Waals surface area contributed by atoms with Crippen LogP contribution in [0.3, 0.4) is 0 Å². The van der Waals surface area contributed by atoms with Gasteiger partial charge >= 0.3 is 0 Å². The minimum absolute atomic E-state index is 0.0533. The number of carbonyl (C=O) groups excluding carboxylic acids is 1. The lowest BCUT2D eigenvalue weighted by Gasteiger charge is -2.26. The summed E-state index contributed by atoms with van der Waals surface area (Å²) in [4.78, 5) is 30.9. The first-order valence-electron chi connectivity index (χ1n) is 7.49. The van der Waals surface area contributed by atoms with Crippen LogP contribution in [0.15, 0.2) is 24.4 Å². The van der Waals surface area contributed by atoms with Gasteiger partial charge in [-0.25, -0.2) is 4.98 Å². The SMILES string of the molecule is CC(=O)Nc1ncc(C2CCCN2c2ccc([N+](=O)[O-])c(Cl)c2)[nH]1. The van der Waals surface area contributed by atoms with Gasteiger partial charge in [0.15, 0.2) is 0 Å². The molecule has 24 heavy (non-hydrogen) atoms. The van der Waals surface area contributed by atoms with Crippen LogP contribution in [0, 0.1) is 10.1 Å². The van der Waals surface area contributed by atoms with Gasteiger partial charge in [-0.15, -0.1) is 0 Å². The Kier molecular flexibility index (Phi) is 4.39. The first-order valence-corrected chi connectivity index (χ1v) is 7.86. The Hall–Kier alpha value is -2.61. The molecule has 2 N–H and O–H groups in total. The third-order valence-electron chi connectivity index (χ3n) is 3.96. The molecule has 0 spiro atoms. The van der Waals surface area contributed by atoms with Crippen LogP contribution in [-0.4, -0.2) is 27.3 Å². The number of hydrogen-bond acceptors (Lipinski definition) is 5. The maximum Gasteiger partial charge on any atom is 0.288 e. The third kappa shape index (κ3) is 3.18. The largest absolute Gasteiger partial charge is 0.363 e. The minimum atomic E-state index is -0.498. The molecule has 1 aromatic carbocycles. The lowest BCUT2D eigenvalue weighted by molar-refractivity contribution is -0.384. The zero-order valence-electron chi connectivity index (χ0n) is 13.0. The lowest BCUT2D eigenvalue weighted by Crippen LogP contribution is -2.22. The predicted molar refractivity (Wildman–Crippen MR) is 90.3 cm³/mol. The molecule has 2 heterocycles. The van der Waals surface area contributed by atoms with Gasteiger partial charge < -0.3 is 9.88 Å². The average Bonchev–Trinajstić information content (AvgIpc) is 3.14. The number of nitro groups is 1. The smallest absolute Gasteiger partial charge is 0.288 e. The van der Waals surface area contributed by atoms with Crippen LogP contribution in [0.5, 0.6) is 0 Å². The number of H-pyrrole nitrogens is 1. The fourth-order valence-corrected chi connectivity index (χ4v) is 3.20. The van der Waals surface area contributed by atoms with Crippen molar-refractivity contribution in [2.75, 3.05) is 16.8 Å². The number of imidazole rings is 1. The molecule has 8 nitrogen and oxygen atoms in total. The van der Waals surface area contributed by atoms with Gasteiger partial charge in [-0.3, -0.25) is 20.2 Å². The zero-order valence-corrected chi connectivity index (χ0v) is 13.7. The first-order chi connectivity index (χ1) is 11.5. The van der Waals surface area contributed by atoms with Crippen LogP contribution in [0.4, 0.5) is 17.3 Å². The summed E-state index contributed by atoms with van der Waals surface area (Å²) in [5, 5.41) is 13.6. The van der Waals surface area contributed by atoms with E-state index in [4.69, 9.17) is 11.6 Å². The molecule has 1 aliphatic rings. The molecule has 0 bridgehead atoms. The maximum atomic E-state index is 11.1. The van der Waals surface area contributed by atoms with Crippen molar-refractivity contribution in [2.45, 2.75) is 25.8 Å². The number of rotatable bonds is 4. The number of halogens is 1. The highest BCUT2D eigenvalue weighted by atomic mass is 35.5. The molecule has 3 rings (SSSR count). The van der Waals surface area contributed by atoms with Gasteiger partial charge in [0.25, 0.3) is 5.69 Å². The predicted octanol–water partition coefficient (Wildman–Crippen LogP) is 3.27. The fraction of sp³-hybridized carbons (Fsp3) is 0.333. The third-order valence-corrected chi connectivity index (χ3v) is 4.26. The van der Waals surface area contributed by atoms with Crippen LogP contribution >= 0.6 is 11.6 Å². The fourth-order valence-electron chi connectivity index (χ4n) is 2.96. The molecule has 1 unspecified atom stereocenters. The molecule has 1 amide bonds. The van der Waals surface area contributed by atoms with Gasteiger partial charge in [-0.2, -0.15) is 0 Å². The number of amides is 1. The van der Waals surface area contributed by atoms with E-state index in [0.717, 1.165) is 30.8 Å². The van der Waals surface area contributed by atoms with Crippen LogP contribution in [-0.2, 0) is 4.79 Å². The number of nitro benzene ring substituents is 1. The highest BCUT2D eigenvalue weighted by Crippen LogP contribution is 2.38. The maximum absolute atomic E-state index is 11.1. The molecular formula is C15H16ClN5O3. The van der Waals surface area contributed by atoms with Crippen molar-refractivity contribution in [1.29, 1.82) is 0 Å². The van der Waals surface area contributed by atoms with E-state index in [1.165, 1.54) is 13.0 Å². The number of nitrogens with one attached hydrogen (secondary N) is 2. The standard InChI is InChI=1S/C15H16ClN5O3/c1-9(22)18-15-17-8-12(19-15)14-3-2-6-20(14)10-4-5-13(21(23)24)11(16)7-10/h4-5,7-8,14H,2-3,6H2,1H3,(H2,17,18,19,22). The van der Waals surface area contributed by atoms with Crippen LogP contribution in [0.2, 0.25) is 5.02 Å². The summed E-state index contributed by atoms with van der Waals surface area (Å²) >= 11 is 6.02. The van der Waals surface area contributed by atoms with Crippen LogP contribution < -0.4 is 10.2 Å². The van der Waals surface area contributed by atoms with Crippen molar-refractivity contribution in [3.8, 4) is 0 Å². The Bertz CT molecular complexity index is 791. The highest BCUT2D eigenvalue weighted by molar-refractivity contribution is 6.32. The number of nitrogens with zero attached hydrogens (tertiary/aromatic N) is 3. The zero-order chi connectivity index (χ0) is 17.3. The summed E-state index contributed by atoms with van der Waals surface area (Å²) < 4.78 is 0. The Morgan fingerprint density at radius 3 is 3.00 bits per heavy atom. The van der Waals surface area contributed by atoms with Crippen molar-refractivity contribution in [3.63, 3.8) is 0 Å². The molecule has 1 fully saturated rings. The minimum Gasteiger partial charge on any atom is -0.363 e. The monoisotopic (exact) mass is 349 g/mol. The highest BCUT2D eigenvalue weighted by Gasteiger charge is 2.29. The average molecular weight is 350 g/mol. The molecule has 1 aromatic heterocycles. The van der Waals surface area contributed by atoms with Gasteiger partial charge in [-0.05, 0) is 25.0 Å². The summed E-state index contributed by atoms with van der Waals surface area (Å²) in [6.07, 6.45) is 3.59. The first kappa shape index (κ1) is 16.3. The molecule has 2 aromatic rings. The molecule has 1 atom stereocenters.